The van der Waals surface area contributed by atoms with Crippen molar-refractivity contribution in [2.45, 2.75) is 24.8 Å². The van der Waals surface area contributed by atoms with Gasteiger partial charge < -0.3 is 25.2 Å². The van der Waals surface area contributed by atoms with E-state index >= 15 is 0 Å². The number of likely N-dealkylation sites (tertiary alicyclic amines) is 1. The van der Waals surface area contributed by atoms with Gasteiger partial charge in [-0.1, -0.05) is 6.07 Å². The molecule has 2 amide bonds. The number of amides is 2. The van der Waals surface area contributed by atoms with Gasteiger partial charge in [0.15, 0.2) is 0 Å². The van der Waals surface area contributed by atoms with Crippen LogP contribution < -0.4 is 15.5 Å². The predicted molar refractivity (Wildman–Crippen MR) is 119 cm³/mol. The number of hydrogen-bond donors (Lipinski definition) is 2. The fourth-order valence-electron chi connectivity index (χ4n) is 4.20. The Kier molecular flexibility index (Phi) is 6.38. The number of aldehydes is 1. The Morgan fingerprint density at radius 3 is 2.56 bits per heavy atom. The van der Waals surface area contributed by atoms with Crippen LogP contribution in [0.1, 0.15) is 30.4 Å². The van der Waals surface area contributed by atoms with E-state index in [0.29, 0.717) is 39.0 Å². The second-order valence-electron chi connectivity index (χ2n) is 8.32. The van der Waals surface area contributed by atoms with Crippen molar-refractivity contribution in [1.29, 1.82) is 0 Å². The topological polar surface area (TPSA) is 112 Å². The van der Waals surface area contributed by atoms with Gasteiger partial charge in [-0.15, -0.1) is 0 Å². The molecule has 0 aliphatic carbocycles. The Bertz CT molecular complexity index is 962. The van der Waals surface area contributed by atoms with Crippen LogP contribution in [-0.2, 0) is 14.4 Å². The number of anilines is 2. The molecule has 0 aromatic carbocycles. The molecule has 2 aliphatic heterocycles. The number of aromatic nitrogens is 3. The summed E-state index contributed by atoms with van der Waals surface area (Å²) in [6, 6.07) is 3.99. The molecule has 10 heteroatoms. The minimum Gasteiger partial charge on any atom is -0.386 e. The molecule has 10 nitrogen and oxygen atoms in total. The molecule has 2 aromatic rings. The lowest BCUT2D eigenvalue weighted by molar-refractivity contribution is -0.142. The van der Waals surface area contributed by atoms with Crippen molar-refractivity contribution >= 4 is 29.6 Å². The average molecular weight is 440 g/mol. The summed E-state index contributed by atoms with van der Waals surface area (Å²) in [6.45, 7) is 2.66. The van der Waals surface area contributed by atoms with Gasteiger partial charge in [-0.3, -0.25) is 14.3 Å². The maximum Gasteiger partial charge on any atom is 0.229 e. The van der Waals surface area contributed by atoms with E-state index in [2.05, 4.69) is 25.6 Å². The zero-order valence-corrected chi connectivity index (χ0v) is 18.4. The van der Waals surface area contributed by atoms with Crippen molar-refractivity contribution in [3.8, 4) is 0 Å². The third kappa shape index (κ3) is 4.30. The highest BCUT2D eigenvalue weighted by Gasteiger charge is 2.41. The van der Waals surface area contributed by atoms with Gasteiger partial charge in [0.25, 0.3) is 0 Å². The summed E-state index contributed by atoms with van der Waals surface area (Å²) in [6.07, 6.45) is 7.04. The first kappa shape index (κ1) is 21.8. The van der Waals surface area contributed by atoms with Gasteiger partial charge in [0, 0.05) is 59.1 Å². The van der Waals surface area contributed by atoms with Crippen molar-refractivity contribution in [3.63, 3.8) is 0 Å². The summed E-state index contributed by atoms with van der Waals surface area (Å²) in [5.74, 6) is 0.441. The predicted octanol–water partition coefficient (Wildman–Crippen LogP) is 0.648. The maximum absolute atomic E-state index is 12.7. The standard InChI is InChI=1S/C22H29N7O3/c1-23-17-9-26-29(12-17)18-13-28(14-18)22(32)16-10-27(11-16)20-6-5-15(8-25-20)19(4-3-7-30)21(31)24-2/h5-9,12,16,18-19,23H,3-4,10-11,13-14H2,1-2H3,(H,24,31). The molecule has 170 valence electrons. The van der Waals surface area contributed by atoms with Gasteiger partial charge in [0.2, 0.25) is 11.8 Å². The number of hydrogen-bond acceptors (Lipinski definition) is 7. The Morgan fingerprint density at radius 1 is 1.19 bits per heavy atom. The van der Waals surface area contributed by atoms with E-state index in [1.54, 1.807) is 19.4 Å². The van der Waals surface area contributed by atoms with Gasteiger partial charge in [0.1, 0.15) is 12.1 Å². The summed E-state index contributed by atoms with van der Waals surface area (Å²) in [7, 11) is 3.45. The van der Waals surface area contributed by atoms with Gasteiger partial charge in [-0.05, 0) is 18.1 Å². The molecule has 0 bridgehead atoms. The number of rotatable bonds is 9. The quantitative estimate of drug-likeness (QED) is 0.552. The fourth-order valence-corrected chi connectivity index (χ4v) is 4.20. The molecule has 0 spiro atoms. The van der Waals surface area contributed by atoms with Crippen molar-refractivity contribution in [2.24, 2.45) is 5.92 Å². The highest BCUT2D eigenvalue weighted by Crippen LogP contribution is 2.30. The van der Waals surface area contributed by atoms with Crippen LogP contribution in [0.4, 0.5) is 11.5 Å². The molecule has 2 aliphatic rings. The zero-order valence-electron chi connectivity index (χ0n) is 18.4. The van der Waals surface area contributed by atoms with Crippen LogP contribution in [0, 0.1) is 5.92 Å². The Morgan fingerprint density at radius 2 is 1.97 bits per heavy atom. The van der Waals surface area contributed by atoms with Gasteiger partial charge in [-0.2, -0.15) is 5.10 Å². The lowest BCUT2D eigenvalue weighted by Crippen LogP contribution is -2.60. The van der Waals surface area contributed by atoms with E-state index in [9.17, 15) is 14.4 Å². The first-order valence-corrected chi connectivity index (χ1v) is 10.9. The monoisotopic (exact) mass is 439 g/mol. The minimum absolute atomic E-state index is 0.0193. The molecule has 4 heterocycles. The summed E-state index contributed by atoms with van der Waals surface area (Å²) in [4.78, 5) is 44.0. The van der Waals surface area contributed by atoms with Crippen LogP contribution in [0.2, 0.25) is 0 Å². The van der Waals surface area contributed by atoms with E-state index in [-0.39, 0.29) is 23.8 Å². The first-order chi connectivity index (χ1) is 15.5. The van der Waals surface area contributed by atoms with E-state index < -0.39 is 5.92 Å². The molecule has 2 aromatic heterocycles. The van der Waals surface area contributed by atoms with Crippen LogP contribution in [0.15, 0.2) is 30.7 Å². The summed E-state index contributed by atoms with van der Waals surface area (Å²) < 4.78 is 1.91. The molecule has 32 heavy (non-hydrogen) atoms. The maximum atomic E-state index is 12.7. The number of likely N-dealkylation sites (N-methyl/N-ethyl adjacent to an activating group) is 1. The minimum atomic E-state index is -0.393. The first-order valence-electron chi connectivity index (χ1n) is 10.9. The highest BCUT2D eigenvalue weighted by molar-refractivity contribution is 5.84. The smallest absolute Gasteiger partial charge is 0.229 e. The Balaban J connectivity index is 1.27. The second kappa shape index (κ2) is 9.37. The fraction of sp³-hybridized carbons (Fsp3) is 0.500. The molecule has 4 rings (SSSR count). The normalized spacial score (nSPS) is 17.3. The number of nitrogens with one attached hydrogen (secondary N) is 2. The third-order valence-electron chi connectivity index (χ3n) is 6.30. The van der Waals surface area contributed by atoms with Crippen LogP contribution in [0.5, 0.6) is 0 Å². The molecule has 1 unspecified atom stereocenters. The Labute approximate surface area is 187 Å². The van der Waals surface area contributed by atoms with Gasteiger partial charge in [0.05, 0.1) is 29.8 Å². The second-order valence-corrected chi connectivity index (χ2v) is 8.32. The SMILES string of the molecule is CNC(=O)C(CCC=O)c1ccc(N2CC(C(=O)N3CC(n4cc(NC)cn4)C3)C2)nc1. The largest absolute Gasteiger partial charge is 0.386 e. The van der Waals surface area contributed by atoms with E-state index in [4.69, 9.17) is 0 Å². The molecule has 0 radical (unpaired) electrons. The van der Waals surface area contributed by atoms with E-state index in [0.717, 1.165) is 23.4 Å². The molecule has 1 atom stereocenters. The molecule has 2 saturated heterocycles. The Hall–Kier alpha value is -3.43. The van der Waals surface area contributed by atoms with Crippen molar-refractivity contribution in [2.75, 3.05) is 50.5 Å². The number of carbonyl (C=O) groups is 3. The van der Waals surface area contributed by atoms with Crippen LogP contribution in [0.3, 0.4) is 0 Å². The van der Waals surface area contributed by atoms with Crippen molar-refractivity contribution in [3.05, 3.63) is 36.3 Å². The average Bonchev–Trinajstić information content (AvgIpc) is 3.21. The van der Waals surface area contributed by atoms with Crippen LogP contribution in [0.25, 0.3) is 0 Å². The molecule has 0 saturated carbocycles. The third-order valence-corrected chi connectivity index (χ3v) is 6.30. The lowest BCUT2D eigenvalue weighted by Gasteiger charge is -2.46. The molecule has 2 N–H and O–H groups in total. The van der Waals surface area contributed by atoms with Crippen molar-refractivity contribution in [1.82, 2.24) is 25.0 Å². The molecular weight excluding hydrogens is 410 g/mol. The summed E-state index contributed by atoms with van der Waals surface area (Å²) >= 11 is 0. The number of carbonyl (C=O) groups excluding carboxylic acids is 3. The van der Waals surface area contributed by atoms with Crippen LogP contribution >= 0.6 is 0 Å². The number of pyridine rings is 1. The van der Waals surface area contributed by atoms with Crippen molar-refractivity contribution < 1.29 is 14.4 Å². The highest BCUT2D eigenvalue weighted by atomic mass is 16.2. The van der Waals surface area contributed by atoms with Crippen LogP contribution in [-0.4, -0.2) is 78.0 Å². The molecular formula is C22H29N7O3. The lowest BCUT2D eigenvalue weighted by atomic mass is 9.94. The van der Waals surface area contributed by atoms with Gasteiger partial charge >= 0.3 is 0 Å². The van der Waals surface area contributed by atoms with E-state index in [1.165, 1.54) is 0 Å². The van der Waals surface area contributed by atoms with E-state index in [1.807, 2.05) is 35.0 Å². The summed E-state index contributed by atoms with van der Waals surface area (Å²) in [5, 5.41) is 10.0. The zero-order chi connectivity index (χ0) is 22.7. The summed E-state index contributed by atoms with van der Waals surface area (Å²) in [5.41, 5.74) is 1.75. The molecule has 2 fully saturated rings. The number of nitrogens with zero attached hydrogens (tertiary/aromatic N) is 5. The van der Waals surface area contributed by atoms with Gasteiger partial charge in [-0.25, -0.2) is 4.98 Å².